The Morgan fingerprint density at radius 2 is 2.00 bits per heavy atom. The van der Waals surface area contributed by atoms with E-state index in [0.29, 0.717) is 24.3 Å². The predicted molar refractivity (Wildman–Crippen MR) is 81.1 cm³/mol. The molecule has 1 aliphatic carbocycles. The van der Waals surface area contributed by atoms with Gasteiger partial charge in [-0.15, -0.1) is 0 Å². The number of hydrogen-bond donors (Lipinski definition) is 0. The number of rotatable bonds is 6. The highest BCUT2D eigenvalue weighted by Gasteiger charge is 2.34. The van der Waals surface area contributed by atoms with Crippen LogP contribution in [-0.4, -0.2) is 31.5 Å². The van der Waals surface area contributed by atoms with Crippen molar-refractivity contribution in [1.29, 1.82) is 0 Å². The van der Waals surface area contributed by atoms with Gasteiger partial charge in [-0.05, 0) is 30.5 Å². The minimum atomic E-state index is -0.414. The van der Waals surface area contributed by atoms with Crippen LogP contribution in [0, 0.1) is 16.0 Å². The molecule has 0 amide bonds. The number of ketones is 1. The average molecular weight is 307 g/mol. The Bertz CT molecular complexity index is 557. The molecule has 0 radical (unpaired) electrons. The molecular formula is C16H21NO5. The van der Waals surface area contributed by atoms with Gasteiger partial charge < -0.3 is 9.47 Å². The van der Waals surface area contributed by atoms with Crippen molar-refractivity contribution in [2.45, 2.75) is 31.6 Å². The zero-order chi connectivity index (χ0) is 16.1. The number of carbonyl (C=O) groups excluding carboxylic acids is 1. The van der Waals surface area contributed by atoms with Crippen LogP contribution in [0.25, 0.3) is 0 Å². The monoisotopic (exact) mass is 307 g/mol. The normalized spacial score (nSPS) is 19.5. The van der Waals surface area contributed by atoms with Crippen LogP contribution < -0.4 is 9.47 Å². The van der Waals surface area contributed by atoms with E-state index in [2.05, 4.69) is 0 Å². The maximum atomic E-state index is 12.2. The number of hydrogen-bond acceptors (Lipinski definition) is 5. The van der Waals surface area contributed by atoms with E-state index in [1.54, 1.807) is 18.2 Å². The van der Waals surface area contributed by atoms with E-state index < -0.39 is 5.92 Å². The Hall–Kier alpha value is -2.11. The van der Waals surface area contributed by atoms with Crippen LogP contribution in [0.15, 0.2) is 18.2 Å². The summed E-state index contributed by atoms with van der Waals surface area (Å²) in [7, 11) is 3.06. The van der Waals surface area contributed by atoms with Crippen molar-refractivity contribution in [3.63, 3.8) is 0 Å². The lowest BCUT2D eigenvalue weighted by Gasteiger charge is -2.27. The predicted octanol–water partition coefficient (Wildman–Crippen LogP) is 2.82. The Kier molecular flexibility index (Phi) is 5.35. The van der Waals surface area contributed by atoms with Crippen LogP contribution >= 0.6 is 0 Å². The van der Waals surface area contributed by atoms with Crippen molar-refractivity contribution in [2.24, 2.45) is 5.92 Å². The quantitative estimate of drug-likeness (QED) is 0.596. The summed E-state index contributed by atoms with van der Waals surface area (Å²) in [6.07, 6.45) is 3.06. The van der Waals surface area contributed by atoms with Crippen molar-refractivity contribution in [2.75, 3.05) is 20.8 Å². The van der Waals surface area contributed by atoms with Crippen molar-refractivity contribution in [1.82, 2.24) is 0 Å². The molecule has 0 N–H and O–H groups in total. The molecule has 0 heterocycles. The number of Topliss-reactive ketones (excluding diaryl/α,β-unsaturated/α-hetero) is 1. The summed E-state index contributed by atoms with van der Waals surface area (Å²) < 4.78 is 10.5. The van der Waals surface area contributed by atoms with Gasteiger partial charge >= 0.3 is 0 Å². The summed E-state index contributed by atoms with van der Waals surface area (Å²) in [5.41, 5.74) is 0.759. The molecule has 1 aromatic carbocycles. The molecule has 120 valence electrons. The second-order valence-electron chi connectivity index (χ2n) is 5.55. The standard InChI is InChI=1S/C16H21NO5/c1-21-15-8-7-11(9-16(15)22-2)13(10-17(19)20)12-5-3-4-6-14(12)18/h7-9,12-13H,3-6,10H2,1-2H3. The van der Waals surface area contributed by atoms with Crippen molar-refractivity contribution in [3.8, 4) is 11.5 Å². The molecule has 22 heavy (non-hydrogen) atoms. The molecule has 6 heteroatoms. The van der Waals surface area contributed by atoms with Crippen molar-refractivity contribution < 1.29 is 19.2 Å². The van der Waals surface area contributed by atoms with Gasteiger partial charge in [0, 0.05) is 17.3 Å². The Morgan fingerprint density at radius 1 is 1.27 bits per heavy atom. The first-order chi connectivity index (χ1) is 10.6. The minimum absolute atomic E-state index is 0.132. The molecule has 2 rings (SSSR count). The molecule has 0 aliphatic heterocycles. The lowest BCUT2D eigenvalue weighted by molar-refractivity contribution is -0.484. The highest BCUT2D eigenvalue weighted by atomic mass is 16.6. The van der Waals surface area contributed by atoms with E-state index in [0.717, 1.165) is 18.4 Å². The van der Waals surface area contributed by atoms with Crippen LogP contribution in [0.4, 0.5) is 0 Å². The number of carbonyl (C=O) groups is 1. The average Bonchev–Trinajstić information content (AvgIpc) is 2.52. The molecule has 0 aromatic heterocycles. The lowest BCUT2D eigenvalue weighted by Crippen LogP contribution is -2.30. The fraction of sp³-hybridized carbons (Fsp3) is 0.562. The Labute approximate surface area is 129 Å². The Morgan fingerprint density at radius 3 is 2.59 bits per heavy atom. The maximum Gasteiger partial charge on any atom is 0.211 e. The molecule has 2 atom stereocenters. The molecule has 0 spiro atoms. The summed E-state index contributed by atoms with van der Waals surface area (Å²) >= 11 is 0. The molecule has 1 saturated carbocycles. The molecule has 1 fully saturated rings. The topological polar surface area (TPSA) is 78.7 Å². The van der Waals surface area contributed by atoms with Gasteiger partial charge in [0.1, 0.15) is 5.78 Å². The lowest BCUT2D eigenvalue weighted by atomic mass is 9.76. The first kappa shape index (κ1) is 16.3. The van der Waals surface area contributed by atoms with Crippen LogP contribution in [-0.2, 0) is 4.79 Å². The van der Waals surface area contributed by atoms with Gasteiger partial charge in [-0.25, -0.2) is 0 Å². The van der Waals surface area contributed by atoms with Crippen LogP contribution in [0.1, 0.15) is 37.2 Å². The number of methoxy groups -OCH3 is 2. The second-order valence-corrected chi connectivity index (χ2v) is 5.55. The van der Waals surface area contributed by atoms with Gasteiger partial charge in [0.05, 0.1) is 20.1 Å². The highest BCUT2D eigenvalue weighted by Crippen LogP contribution is 2.37. The van der Waals surface area contributed by atoms with Crippen molar-refractivity contribution >= 4 is 5.78 Å². The molecule has 6 nitrogen and oxygen atoms in total. The summed E-state index contributed by atoms with van der Waals surface area (Å²) in [6.45, 7) is -0.244. The summed E-state index contributed by atoms with van der Waals surface area (Å²) in [5.74, 6) is 0.533. The van der Waals surface area contributed by atoms with E-state index in [9.17, 15) is 14.9 Å². The zero-order valence-electron chi connectivity index (χ0n) is 12.9. The summed E-state index contributed by atoms with van der Waals surface area (Å²) in [4.78, 5) is 22.9. The molecule has 1 aromatic rings. The number of nitrogens with zero attached hydrogens (tertiary/aromatic N) is 1. The van der Waals surface area contributed by atoms with E-state index >= 15 is 0 Å². The minimum Gasteiger partial charge on any atom is -0.493 e. The highest BCUT2D eigenvalue weighted by molar-refractivity contribution is 5.82. The number of nitro groups is 1. The second kappa shape index (κ2) is 7.24. The molecule has 2 unspecified atom stereocenters. The van der Waals surface area contributed by atoms with Gasteiger partial charge in [0.25, 0.3) is 0 Å². The fourth-order valence-corrected chi connectivity index (χ4v) is 3.14. The smallest absolute Gasteiger partial charge is 0.211 e. The first-order valence-corrected chi connectivity index (χ1v) is 7.43. The maximum absolute atomic E-state index is 12.2. The third-order valence-corrected chi connectivity index (χ3v) is 4.27. The molecule has 0 bridgehead atoms. The van der Waals surface area contributed by atoms with Crippen LogP contribution in [0.5, 0.6) is 11.5 Å². The third-order valence-electron chi connectivity index (χ3n) is 4.27. The van der Waals surface area contributed by atoms with E-state index in [1.165, 1.54) is 14.2 Å². The number of benzene rings is 1. The molecular weight excluding hydrogens is 286 g/mol. The van der Waals surface area contributed by atoms with Crippen LogP contribution in [0.3, 0.4) is 0 Å². The Balaban J connectivity index is 2.36. The van der Waals surface area contributed by atoms with Crippen molar-refractivity contribution in [3.05, 3.63) is 33.9 Å². The third kappa shape index (κ3) is 3.55. The van der Waals surface area contributed by atoms with E-state index in [-0.39, 0.29) is 23.2 Å². The molecule has 0 saturated heterocycles. The summed E-state index contributed by atoms with van der Waals surface area (Å²) in [6, 6.07) is 5.26. The van der Waals surface area contributed by atoms with Gasteiger partial charge in [-0.2, -0.15) is 0 Å². The van der Waals surface area contributed by atoms with Gasteiger partial charge in [-0.1, -0.05) is 12.5 Å². The fourth-order valence-electron chi connectivity index (χ4n) is 3.14. The van der Waals surface area contributed by atoms with Gasteiger partial charge in [0.2, 0.25) is 6.54 Å². The number of ether oxygens (including phenoxy) is 2. The largest absolute Gasteiger partial charge is 0.493 e. The van der Waals surface area contributed by atoms with E-state index in [4.69, 9.17) is 9.47 Å². The SMILES string of the molecule is COc1ccc(C(C[N+](=O)[O-])C2CCCCC2=O)cc1OC. The first-order valence-electron chi connectivity index (χ1n) is 7.43. The van der Waals surface area contributed by atoms with Gasteiger partial charge in [-0.3, -0.25) is 14.9 Å². The zero-order valence-corrected chi connectivity index (χ0v) is 12.9. The van der Waals surface area contributed by atoms with E-state index in [1.807, 2.05) is 0 Å². The van der Waals surface area contributed by atoms with Gasteiger partial charge in [0.15, 0.2) is 11.5 Å². The van der Waals surface area contributed by atoms with Crippen LogP contribution in [0.2, 0.25) is 0 Å². The summed E-state index contributed by atoms with van der Waals surface area (Å²) in [5, 5.41) is 11.0. The molecule has 1 aliphatic rings.